The molecule has 1 aliphatic heterocycles. The number of esters is 1. The van der Waals surface area contributed by atoms with Crippen molar-refractivity contribution in [3.63, 3.8) is 0 Å². The third kappa shape index (κ3) is 6.86. The number of carbonyl (C=O) groups is 2. The van der Waals surface area contributed by atoms with Gasteiger partial charge in [-0.05, 0) is 37.3 Å². The number of hydrogen-bond acceptors (Lipinski definition) is 5. The molecular formula is C21H32N2O4. The largest absolute Gasteiger partial charge is 0.466 e. The van der Waals surface area contributed by atoms with Crippen molar-refractivity contribution in [3.8, 4) is 0 Å². The number of amides is 1. The van der Waals surface area contributed by atoms with Crippen LogP contribution >= 0.6 is 0 Å². The SMILES string of the molecule is CCOC(=O)CC(C)c1ccc(CCN2CCN(C(=O)OCC)CC2)cc1. The topological polar surface area (TPSA) is 59.1 Å². The van der Waals surface area contributed by atoms with Gasteiger partial charge < -0.3 is 14.4 Å². The molecule has 6 nitrogen and oxygen atoms in total. The average molecular weight is 376 g/mol. The minimum Gasteiger partial charge on any atom is -0.466 e. The van der Waals surface area contributed by atoms with Gasteiger partial charge in [0, 0.05) is 32.7 Å². The minimum atomic E-state index is -0.204. The summed E-state index contributed by atoms with van der Waals surface area (Å²) in [5.41, 5.74) is 2.45. The van der Waals surface area contributed by atoms with E-state index in [1.807, 2.05) is 13.8 Å². The van der Waals surface area contributed by atoms with E-state index in [1.54, 1.807) is 4.90 Å². The van der Waals surface area contributed by atoms with E-state index in [4.69, 9.17) is 9.47 Å². The molecule has 1 fully saturated rings. The molecular weight excluding hydrogens is 344 g/mol. The first-order valence-corrected chi connectivity index (χ1v) is 9.92. The van der Waals surface area contributed by atoms with Crippen LogP contribution in [0.5, 0.6) is 0 Å². The Balaban J connectivity index is 1.74. The zero-order chi connectivity index (χ0) is 19.6. The first-order valence-electron chi connectivity index (χ1n) is 9.92. The van der Waals surface area contributed by atoms with E-state index < -0.39 is 0 Å². The Labute approximate surface area is 162 Å². The molecule has 150 valence electrons. The number of benzene rings is 1. The van der Waals surface area contributed by atoms with Gasteiger partial charge in [-0.2, -0.15) is 0 Å². The van der Waals surface area contributed by atoms with Gasteiger partial charge in [-0.15, -0.1) is 0 Å². The molecule has 0 spiro atoms. The number of hydrogen-bond donors (Lipinski definition) is 0. The van der Waals surface area contributed by atoms with E-state index in [0.717, 1.165) is 44.7 Å². The molecule has 1 amide bonds. The summed E-state index contributed by atoms with van der Waals surface area (Å²) in [6.45, 7) is 10.8. The van der Waals surface area contributed by atoms with Crippen LogP contribution in [0, 0.1) is 0 Å². The molecule has 1 atom stereocenters. The molecule has 1 aromatic carbocycles. The van der Waals surface area contributed by atoms with Crippen LogP contribution in [0.1, 0.15) is 44.2 Å². The van der Waals surface area contributed by atoms with Gasteiger partial charge >= 0.3 is 12.1 Å². The lowest BCUT2D eigenvalue weighted by molar-refractivity contribution is -0.143. The van der Waals surface area contributed by atoms with Gasteiger partial charge in [0.25, 0.3) is 0 Å². The lowest BCUT2D eigenvalue weighted by Crippen LogP contribution is -2.49. The molecule has 0 aromatic heterocycles. The zero-order valence-electron chi connectivity index (χ0n) is 16.8. The molecule has 6 heteroatoms. The molecule has 1 heterocycles. The quantitative estimate of drug-likeness (QED) is 0.653. The van der Waals surface area contributed by atoms with Crippen LogP contribution in [0.2, 0.25) is 0 Å². The van der Waals surface area contributed by atoms with Crippen molar-refractivity contribution in [2.24, 2.45) is 0 Å². The normalized spacial score (nSPS) is 16.0. The maximum Gasteiger partial charge on any atom is 0.409 e. The van der Waals surface area contributed by atoms with Crippen LogP contribution < -0.4 is 0 Å². The molecule has 0 bridgehead atoms. The Morgan fingerprint density at radius 1 is 1.00 bits per heavy atom. The molecule has 1 unspecified atom stereocenters. The number of carbonyl (C=O) groups excluding carboxylic acids is 2. The Kier molecular flexibility index (Phi) is 8.58. The fraction of sp³-hybridized carbons (Fsp3) is 0.619. The molecule has 27 heavy (non-hydrogen) atoms. The molecule has 1 aromatic rings. The molecule has 0 aliphatic carbocycles. The van der Waals surface area contributed by atoms with Crippen LogP contribution in [-0.2, 0) is 20.7 Å². The highest BCUT2D eigenvalue weighted by atomic mass is 16.6. The summed E-state index contributed by atoms with van der Waals surface area (Å²) in [7, 11) is 0. The monoisotopic (exact) mass is 376 g/mol. The second kappa shape index (κ2) is 10.9. The lowest BCUT2D eigenvalue weighted by atomic mass is 9.96. The van der Waals surface area contributed by atoms with Crippen LogP contribution in [0.4, 0.5) is 4.79 Å². The van der Waals surface area contributed by atoms with Gasteiger partial charge in [0.2, 0.25) is 0 Å². The lowest BCUT2D eigenvalue weighted by Gasteiger charge is -2.34. The van der Waals surface area contributed by atoms with E-state index in [-0.39, 0.29) is 18.0 Å². The van der Waals surface area contributed by atoms with Gasteiger partial charge in [0.15, 0.2) is 0 Å². The van der Waals surface area contributed by atoms with Crippen molar-refractivity contribution in [1.82, 2.24) is 9.80 Å². The summed E-state index contributed by atoms with van der Waals surface area (Å²) in [5.74, 6) is 0.0186. The van der Waals surface area contributed by atoms with E-state index >= 15 is 0 Å². The zero-order valence-corrected chi connectivity index (χ0v) is 16.8. The Morgan fingerprint density at radius 2 is 1.63 bits per heavy atom. The van der Waals surface area contributed by atoms with Crippen molar-refractivity contribution in [2.45, 2.75) is 39.5 Å². The third-order valence-electron chi connectivity index (χ3n) is 4.94. The predicted molar refractivity (Wildman–Crippen MR) is 105 cm³/mol. The maximum atomic E-state index is 11.7. The van der Waals surface area contributed by atoms with Gasteiger partial charge in [-0.1, -0.05) is 31.2 Å². The fourth-order valence-electron chi connectivity index (χ4n) is 3.26. The second-order valence-electron chi connectivity index (χ2n) is 6.93. The molecule has 2 rings (SSSR count). The fourth-order valence-corrected chi connectivity index (χ4v) is 3.26. The van der Waals surface area contributed by atoms with Crippen LogP contribution in [0.3, 0.4) is 0 Å². The van der Waals surface area contributed by atoms with Crippen molar-refractivity contribution in [3.05, 3.63) is 35.4 Å². The highest BCUT2D eigenvalue weighted by molar-refractivity contribution is 5.70. The smallest absolute Gasteiger partial charge is 0.409 e. The summed E-state index contributed by atoms with van der Waals surface area (Å²) in [4.78, 5) is 27.5. The van der Waals surface area contributed by atoms with Gasteiger partial charge in [-0.25, -0.2) is 4.79 Å². The third-order valence-corrected chi connectivity index (χ3v) is 4.94. The van der Waals surface area contributed by atoms with Gasteiger partial charge in [0.1, 0.15) is 0 Å². The highest BCUT2D eigenvalue weighted by Crippen LogP contribution is 2.20. The standard InChI is InChI=1S/C21H32N2O4/c1-4-26-20(24)16-17(3)19-8-6-18(7-9-19)10-11-22-12-14-23(15-13-22)21(25)27-5-2/h6-9,17H,4-5,10-16H2,1-3H3. The van der Waals surface area contributed by atoms with Crippen LogP contribution in [-0.4, -0.2) is 67.8 Å². The predicted octanol–water partition coefficient (Wildman–Crippen LogP) is 3.06. The summed E-state index contributed by atoms with van der Waals surface area (Å²) in [6, 6.07) is 8.51. The number of piperazine rings is 1. The van der Waals surface area contributed by atoms with Gasteiger partial charge in [-0.3, -0.25) is 9.69 Å². The summed E-state index contributed by atoms with van der Waals surface area (Å²) >= 11 is 0. The van der Waals surface area contributed by atoms with Crippen molar-refractivity contribution in [1.29, 1.82) is 0 Å². The number of rotatable bonds is 8. The highest BCUT2D eigenvalue weighted by Gasteiger charge is 2.21. The molecule has 0 N–H and O–H groups in total. The molecule has 0 saturated carbocycles. The van der Waals surface area contributed by atoms with E-state index in [2.05, 4.69) is 36.1 Å². The first-order chi connectivity index (χ1) is 13.0. The summed E-state index contributed by atoms with van der Waals surface area (Å²) < 4.78 is 10.1. The van der Waals surface area contributed by atoms with Crippen molar-refractivity contribution < 1.29 is 19.1 Å². The summed E-state index contributed by atoms with van der Waals surface area (Å²) in [5, 5.41) is 0. The van der Waals surface area contributed by atoms with Crippen molar-refractivity contribution in [2.75, 3.05) is 45.9 Å². The number of nitrogens with zero attached hydrogens (tertiary/aromatic N) is 2. The van der Waals surface area contributed by atoms with Gasteiger partial charge in [0.05, 0.1) is 19.6 Å². The van der Waals surface area contributed by atoms with Crippen LogP contribution in [0.15, 0.2) is 24.3 Å². The Morgan fingerprint density at radius 3 is 2.22 bits per heavy atom. The summed E-state index contributed by atoms with van der Waals surface area (Å²) in [6.07, 6.45) is 1.19. The first kappa shape index (κ1) is 21.2. The minimum absolute atomic E-state index is 0.143. The molecule has 1 saturated heterocycles. The van der Waals surface area contributed by atoms with E-state index in [1.165, 1.54) is 5.56 Å². The Bertz CT molecular complexity index is 595. The Hall–Kier alpha value is -2.08. The van der Waals surface area contributed by atoms with E-state index in [0.29, 0.717) is 19.6 Å². The second-order valence-corrected chi connectivity index (χ2v) is 6.93. The van der Waals surface area contributed by atoms with Crippen LogP contribution in [0.25, 0.3) is 0 Å². The maximum absolute atomic E-state index is 11.7. The average Bonchev–Trinajstić information content (AvgIpc) is 2.67. The molecule has 1 aliphatic rings. The molecule has 0 radical (unpaired) electrons. The number of ether oxygens (including phenoxy) is 2. The van der Waals surface area contributed by atoms with E-state index in [9.17, 15) is 9.59 Å². The van der Waals surface area contributed by atoms with Crippen molar-refractivity contribution >= 4 is 12.1 Å².